The summed E-state index contributed by atoms with van der Waals surface area (Å²) in [6.07, 6.45) is 4.64. The van der Waals surface area contributed by atoms with E-state index in [-0.39, 0.29) is 5.78 Å². The molecule has 2 aromatic heterocycles. The smallest absolute Gasteiger partial charge is 0.195 e. The summed E-state index contributed by atoms with van der Waals surface area (Å²) < 4.78 is 3.32. The Labute approximate surface area is 185 Å². The fourth-order valence-electron chi connectivity index (χ4n) is 3.30. The number of carbonyl (C=O) groups is 1. The lowest BCUT2D eigenvalue weighted by atomic mass is 9.97. The van der Waals surface area contributed by atoms with Crippen LogP contribution in [0.2, 0.25) is 5.02 Å². The largest absolute Gasteiger partial charge is 0.345 e. The van der Waals surface area contributed by atoms with Crippen molar-refractivity contribution in [1.82, 2.24) is 9.97 Å². The summed E-state index contributed by atoms with van der Waals surface area (Å²) in [5.74, 6) is 0.997. The maximum absolute atomic E-state index is 13.4. The summed E-state index contributed by atoms with van der Waals surface area (Å²) in [7, 11) is 0. The number of halogens is 1. The van der Waals surface area contributed by atoms with Crippen molar-refractivity contribution in [3.05, 3.63) is 82.6 Å². The van der Waals surface area contributed by atoms with Crippen LogP contribution < -0.4 is 4.72 Å². The molecule has 0 aliphatic rings. The molecule has 0 unspecified atom stereocenters. The van der Waals surface area contributed by atoms with Gasteiger partial charge in [-0.2, -0.15) is 0 Å². The number of ketones is 1. The van der Waals surface area contributed by atoms with E-state index < -0.39 is 0 Å². The van der Waals surface area contributed by atoms with Crippen molar-refractivity contribution < 1.29 is 4.79 Å². The van der Waals surface area contributed by atoms with E-state index in [1.54, 1.807) is 24.3 Å². The monoisotopic (exact) mass is 435 g/mol. The van der Waals surface area contributed by atoms with Gasteiger partial charge in [0.15, 0.2) is 5.78 Å². The molecular weight excluding hydrogens is 414 g/mol. The quantitative estimate of drug-likeness (QED) is 0.188. The topological polar surface area (TPSA) is 57.8 Å². The Balaban J connectivity index is 1.70. The highest BCUT2D eigenvalue weighted by molar-refractivity contribution is 8.00. The second kappa shape index (κ2) is 8.94. The van der Waals surface area contributed by atoms with E-state index in [1.165, 1.54) is 0 Å². The molecule has 4 aromatic rings. The predicted octanol–water partition coefficient (Wildman–Crippen LogP) is 6.89. The van der Waals surface area contributed by atoms with Crippen molar-refractivity contribution in [1.29, 1.82) is 0 Å². The third kappa shape index (κ3) is 4.23. The minimum absolute atomic E-state index is 0.0158. The molecule has 4 rings (SSSR count). The Morgan fingerprint density at radius 1 is 1.10 bits per heavy atom. The fourth-order valence-corrected chi connectivity index (χ4v) is 4.03. The third-order valence-electron chi connectivity index (χ3n) is 4.93. The van der Waals surface area contributed by atoms with Gasteiger partial charge >= 0.3 is 0 Å². The van der Waals surface area contributed by atoms with Crippen LogP contribution in [0.15, 0.2) is 60.9 Å². The number of aryl methyl sites for hydroxylation is 1. The lowest BCUT2D eigenvalue weighted by molar-refractivity contribution is 0.104. The van der Waals surface area contributed by atoms with Crippen molar-refractivity contribution in [3.63, 3.8) is 0 Å². The molecule has 0 spiro atoms. The van der Waals surface area contributed by atoms with Gasteiger partial charge in [0.05, 0.1) is 0 Å². The number of fused-ring (bicyclic) bond motifs is 1. The SMILES string of the molecule is CCCSNc1ccc(C)c(C(=O)c2c[nH]c3ncc(-c4ccc(Cl)cc4)cc23)c1. The van der Waals surface area contributed by atoms with Crippen molar-refractivity contribution in [2.45, 2.75) is 20.3 Å². The van der Waals surface area contributed by atoms with Crippen LogP contribution in [-0.2, 0) is 0 Å². The molecule has 152 valence electrons. The Kier molecular flexibility index (Phi) is 6.11. The highest BCUT2D eigenvalue weighted by Gasteiger charge is 2.18. The summed E-state index contributed by atoms with van der Waals surface area (Å²) in [4.78, 5) is 21.1. The molecule has 2 N–H and O–H groups in total. The Morgan fingerprint density at radius 3 is 2.67 bits per heavy atom. The molecule has 4 nitrogen and oxygen atoms in total. The summed E-state index contributed by atoms with van der Waals surface area (Å²) in [6.45, 7) is 4.10. The van der Waals surface area contributed by atoms with Crippen LogP contribution in [0, 0.1) is 6.92 Å². The molecule has 30 heavy (non-hydrogen) atoms. The lowest BCUT2D eigenvalue weighted by Gasteiger charge is -2.09. The van der Waals surface area contributed by atoms with E-state index in [1.807, 2.05) is 55.5 Å². The normalized spacial score (nSPS) is 11.0. The number of H-pyrrole nitrogens is 1. The van der Waals surface area contributed by atoms with Gasteiger partial charge in [-0.3, -0.25) is 4.79 Å². The van der Waals surface area contributed by atoms with E-state index >= 15 is 0 Å². The number of rotatable bonds is 7. The number of anilines is 1. The summed E-state index contributed by atoms with van der Waals surface area (Å²) in [5.41, 5.74) is 5.83. The molecule has 2 aromatic carbocycles. The van der Waals surface area contributed by atoms with Gasteiger partial charge in [0.1, 0.15) is 5.65 Å². The van der Waals surface area contributed by atoms with Crippen LogP contribution in [0.25, 0.3) is 22.2 Å². The number of hydrogen-bond acceptors (Lipinski definition) is 4. The van der Waals surface area contributed by atoms with E-state index in [0.29, 0.717) is 21.8 Å². The van der Waals surface area contributed by atoms with Crippen molar-refractivity contribution in [2.24, 2.45) is 0 Å². The van der Waals surface area contributed by atoms with E-state index in [4.69, 9.17) is 11.6 Å². The molecule has 0 amide bonds. The fraction of sp³-hybridized carbons (Fsp3) is 0.167. The number of hydrogen-bond donors (Lipinski definition) is 2. The predicted molar refractivity (Wildman–Crippen MR) is 128 cm³/mol. The molecule has 0 saturated carbocycles. The van der Waals surface area contributed by atoms with Crippen LogP contribution in [0.5, 0.6) is 0 Å². The van der Waals surface area contributed by atoms with Crippen LogP contribution in [0.4, 0.5) is 5.69 Å². The van der Waals surface area contributed by atoms with Crippen LogP contribution in [0.3, 0.4) is 0 Å². The van der Waals surface area contributed by atoms with Gasteiger partial charge in [-0.25, -0.2) is 4.98 Å². The van der Waals surface area contributed by atoms with Gasteiger partial charge in [-0.15, -0.1) is 0 Å². The highest BCUT2D eigenvalue weighted by atomic mass is 35.5. The Bertz CT molecular complexity index is 1200. The van der Waals surface area contributed by atoms with E-state index in [0.717, 1.165) is 39.9 Å². The second-order valence-electron chi connectivity index (χ2n) is 7.14. The zero-order valence-electron chi connectivity index (χ0n) is 16.8. The van der Waals surface area contributed by atoms with Gasteiger partial charge in [0.25, 0.3) is 0 Å². The van der Waals surface area contributed by atoms with Crippen LogP contribution in [0.1, 0.15) is 34.8 Å². The van der Waals surface area contributed by atoms with Gasteiger partial charge in [0, 0.05) is 50.9 Å². The first-order valence-corrected chi connectivity index (χ1v) is 11.2. The summed E-state index contributed by atoms with van der Waals surface area (Å²) >= 11 is 7.65. The lowest BCUT2D eigenvalue weighted by Crippen LogP contribution is -2.04. The summed E-state index contributed by atoms with van der Waals surface area (Å²) in [6, 6.07) is 15.5. The second-order valence-corrected chi connectivity index (χ2v) is 8.48. The Morgan fingerprint density at radius 2 is 1.90 bits per heavy atom. The summed E-state index contributed by atoms with van der Waals surface area (Å²) in [5, 5.41) is 1.50. The molecule has 0 aliphatic heterocycles. The van der Waals surface area contributed by atoms with Crippen molar-refractivity contribution in [3.8, 4) is 11.1 Å². The first-order valence-electron chi connectivity index (χ1n) is 9.83. The average molecular weight is 436 g/mol. The van der Waals surface area contributed by atoms with Gasteiger partial charge in [-0.05, 0) is 54.8 Å². The average Bonchev–Trinajstić information content (AvgIpc) is 3.18. The molecule has 0 bridgehead atoms. The number of benzene rings is 2. The first kappa shape index (κ1) is 20.5. The maximum Gasteiger partial charge on any atom is 0.195 e. The molecule has 0 atom stereocenters. The Hall–Kier alpha value is -2.76. The third-order valence-corrected chi connectivity index (χ3v) is 6.18. The van der Waals surface area contributed by atoms with E-state index in [9.17, 15) is 4.79 Å². The minimum Gasteiger partial charge on any atom is -0.345 e. The molecule has 6 heteroatoms. The first-order chi connectivity index (χ1) is 14.6. The van der Waals surface area contributed by atoms with Gasteiger partial charge in [0.2, 0.25) is 0 Å². The van der Waals surface area contributed by atoms with Gasteiger partial charge in [-0.1, -0.05) is 48.7 Å². The molecule has 0 fully saturated rings. The zero-order chi connectivity index (χ0) is 21.1. The zero-order valence-corrected chi connectivity index (χ0v) is 18.4. The number of aromatic amines is 1. The molecule has 0 aliphatic carbocycles. The number of pyridine rings is 1. The van der Waals surface area contributed by atoms with Crippen LogP contribution >= 0.6 is 23.5 Å². The standard InChI is InChI=1S/C24H22ClN3OS/c1-3-10-30-28-19-9-4-15(2)20(12-19)23(29)22-14-27-24-21(22)11-17(13-26-24)16-5-7-18(25)8-6-16/h4-9,11-14,28H,3,10H2,1-2H3,(H,26,27). The number of nitrogens with zero attached hydrogens (tertiary/aromatic N) is 1. The van der Waals surface area contributed by atoms with Crippen molar-refractivity contribution in [2.75, 3.05) is 10.5 Å². The number of carbonyl (C=O) groups excluding carboxylic acids is 1. The number of aromatic nitrogens is 2. The molecule has 0 radical (unpaired) electrons. The molecule has 2 heterocycles. The molecule has 0 saturated heterocycles. The van der Waals surface area contributed by atoms with Crippen molar-refractivity contribution >= 4 is 46.1 Å². The highest BCUT2D eigenvalue weighted by Crippen LogP contribution is 2.28. The number of nitrogens with one attached hydrogen (secondary N) is 2. The van der Waals surface area contributed by atoms with E-state index in [2.05, 4.69) is 21.6 Å². The maximum atomic E-state index is 13.4. The van der Waals surface area contributed by atoms with Gasteiger partial charge < -0.3 is 9.71 Å². The molecular formula is C24H22ClN3OS. The minimum atomic E-state index is -0.0158. The van der Waals surface area contributed by atoms with Crippen LogP contribution in [-0.4, -0.2) is 21.5 Å².